The number of aryl methyl sites for hydroxylation is 1. The molecule has 2 aliphatic heterocycles. The summed E-state index contributed by atoms with van der Waals surface area (Å²) in [6, 6.07) is 7.41. The molecule has 3 aromatic rings. The Morgan fingerprint density at radius 1 is 1.09 bits per heavy atom. The SMILES string of the molecule is Cc1ccc(C(=O)N2C[C@H]3CC[C@H]2[C@H](Nc2ccc(C(F)(F)F)cn2)C3)c(-c2ncccn2)n1. The maximum atomic E-state index is 13.7. The minimum Gasteiger partial charge on any atom is -0.365 e. The number of carbonyl (C=O) groups is 1. The highest BCUT2D eigenvalue weighted by Gasteiger charge is 2.44. The first-order valence-corrected chi connectivity index (χ1v) is 11.2. The van der Waals surface area contributed by atoms with Crippen LogP contribution in [0.3, 0.4) is 0 Å². The van der Waals surface area contributed by atoms with Gasteiger partial charge in [-0.15, -0.1) is 0 Å². The summed E-state index contributed by atoms with van der Waals surface area (Å²) in [6.07, 6.45) is 2.27. The molecule has 1 N–H and O–H groups in total. The summed E-state index contributed by atoms with van der Waals surface area (Å²) < 4.78 is 38.6. The third-order valence-corrected chi connectivity index (χ3v) is 6.51. The van der Waals surface area contributed by atoms with E-state index in [4.69, 9.17) is 0 Å². The van der Waals surface area contributed by atoms with Crippen molar-refractivity contribution in [3.05, 3.63) is 65.7 Å². The molecule has 3 fully saturated rings. The van der Waals surface area contributed by atoms with Crippen LogP contribution in [0, 0.1) is 12.8 Å². The summed E-state index contributed by atoms with van der Waals surface area (Å²) in [5, 5.41) is 3.27. The molecule has 0 radical (unpaired) electrons. The average Bonchev–Trinajstić information content (AvgIpc) is 2.84. The number of pyridine rings is 2. The molecule has 1 amide bonds. The Balaban J connectivity index is 1.40. The van der Waals surface area contributed by atoms with Gasteiger partial charge in [0.1, 0.15) is 11.5 Å². The van der Waals surface area contributed by atoms with Gasteiger partial charge in [-0.05, 0) is 62.4 Å². The average molecular weight is 468 g/mol. The van der Waals surface area contributed by atoms with Crippen LogP contribution in [0.25, 0.3) is 11.5 Å². The van der Waals surface area contributed by atoms with Crippen molar-refractivity contribution in [2.24, 2.45) is 5.92 Å². The van der Waals surface area contributed by atoms with Crippen LogP contribution in [0.5, 0.6) is 0 Å². The van der Waals surface area contributed by atoms with Crippen LogP contribution in [-0.2, 0) is 6.18 Å². The van der Waals surface area contributed by atoms with Crippen molar-refractivity contribution in [3.8, 4) is 11.5 Å². The zero-order valence-electron chi connectivity index (χ0n) is 18.5. The first-order chi connectivity index (χ1) is 16.3. The molecule has 0 spiro atoms. The van der Waals surface area contributed by atoms with Gasteiger partial charge in [-0.1, -0.05) is 0 Å². The minimum atomic E-state index is -4.43. The molecule has 0 aromatic carbocycles. The van der Waals surface area contributed by atoms with Gasteiger partial charge in [-0.2, -0.15) is 13.2 Å². The summed E-state index contributed by atoms with van der Waals surface area (Å²) in [7, 11) is 0. The van der Waals surface area contributed by atoms with Crippen LogP contribution in [0.1, 0.15) is 40.9 Å². The second-order valence-corrected chi connectivity index (χ2v) is 8.81. The third kappa shape index (κ3) is 4.32. The lowest BCUT2D eigenvalue weighted by Gasteiger charge is -2.50. The van der Waals surface area contributed by atoms with Crippen LogP contribution in [0.15, 0.2) is 48.9 Å². The predicted molar refractivity (Wildman–Crippen MR) is 119 cm³/mol. The second-order valence-electron chi connectivity index (χ2n) is 8.81. The van der Waals surface area contributed by atoms with Gasteiger partial charge >= 0.3 is 6.18 Å². The van der Waals surface area contributed by atoms with Crippen LogP contribution in [0.4, 0.5) is 19.0 Å². The molecule has 34 heavy (non-hydrogen) atoms. The van der Waals surface area contributed by atoms with Crippen molar-refractivity contribution in [3.63, 3.8) is 0 Å². The monoisotopic (exact) mass is 468 g/mol. The van der Waals surface area contributed by atoms with Crippen molar-refractivity contribution in [2.75, 3.05) is 11.9 Å². The number of carbonyl (C=O) groups excluding carboxylic acids is 1. The largest absolute Gasteiger partial charge is 0.417 e. The molecule has 10 heteroatoms. The highest BCUT2D eigenvalue weighted by Crippen LogP contribution is 2.38. The topological polar surface area (TPSA) is 83.9 Å². The number of nitrogens with zero attached hydrogens (tertiary/aromatic N) is 5. The number of rotatable bonds is 4. The van der Waals surface area contributed by atoms with Gasteiger partial charge in [0, 0.05) is 36.9 Å². The summed E-state index contributed by atoms with van der Waals surface area (Å²) in [5.74, 6) is 0.918. The van der Waals surface area contributed by atoms with Crippen molar-refractivity contribution < 1.29 is 18.0 Å². The van der Waals surface area contributed by atoms with Gasteiger partial charge in [-0.25, -0.2) is 19.9 Å². The van der Waals surface area contributed by atoms with Gasteiger partial charge in [0.05, 0.1) is 17.2 Å². The Morgan fingerprint density at radius 2 is 1.88 bits per heavy atom. The Labute approximate surface area is 194 Å². The zero-order chi connectivity index (χ0) is 23.9. The quantitative estimate of drug-likeness (QED) is 0.612. The van der Waals surface area contributed by atoms with Crippen LogP contribution in [-0.4, -0.2) is 49.4 Å². The fourth-order valence-corrected chi connectivity index (χ4v) is 4.90. The molecule has 1 saturated carbocycles. The minimum absolute atomic E-state index is 0.101. The fraction of sp³-hybridized carbons (Fsp3) is 0.375. The Morgan fingerprint density at radius 3 is 2.56 bits per heavy atom. The fourth-order valence-electron chi connectivity index (χ4n) is 4.90. The molecular formula is C24H23F3N6O. The van der Waals surface area contributed by atoms with Crippen LogP contribution < -0.4 is 5.32 Å². The lowest BCUT2D eigenvalue weighted by molar-refractivity contribution is -0.137. The van der Waals surface area contributed by atoms with E-state index in [-0.39, 0.29) is 18.0 Å². The highest BCUT2D eigenvalue weighted by molar-refractivity contribution is 5.99. The van der Waals surface area contributed by atoms with Crippen molar-refractivity contribution in [2.45, 2.75) is 44.4 Å². The Hall–Kier alpha value is -3.56. The van der Waals surface area contributed by atoms with E-state index < -0.39 is 11.7 Å². The number of alkyl halides is 3. The van der Waals surface area contributed by atoms with Gasteiger partial charge < -0.3 is 10.2 Å². The molecular weight excluding hydrogens is 445 g/mol. The number of anilines is 1. The Bertz CT molecular complexity index is 1190. The summed E-state index contributed by atoms with van der Waals surface area (Å²) in [4.78, 5) is 32.6. The lowest BCUT2D eigenvalue weighted by atomic mass is 9.76. The third-order valence-electron chi connectivity index (χ3n) is 6.51. The lowest BCUT2D eigenvalue weighted by Crippen LogP contribution is -2.59. The molecule has 6 rings (SSSR count). The molecule has 7 nitrogen and oxygen atoms in total. The van der Waals surface area contributed by atoms with E-state index in [0.29, 0.717) is 35.4 Å². The number of aromatic nitrogens is 4. The van der Waals surface area contributed by atoms with Crippen molar-refractivity contribution >= 4 is 11.7 Å². The zero-order valence-corrected chi connectivity index (χ0v) is 18.5. The predicted octanol–water partition coefficient (Wildman–Crippen LogP) is 4.37. The van der Waals surface area contributed by atoms with Crippen LogP contribution in [0.2, 0.25) is 0 Å². The number of hydrogen-bond acceptors (Lipinski definition) is 6. The first kappa shape index (κ1) is 22.2. The molecule has 3 aromatic heterocycles. The van der Waals surface area contributed by atoms with Gasteiger partial charge in [0.2, 0.25) is 0 Å². The van der Waals surface area contributed by atoms with E-state index in [1.807, 2.05) is 11.8 Å². The molecule has 0 unspecified atom stereocenters. The normalized spacial score (nSPS) is 22.0. The van der Waals surface area contributed by atoms with Crippen LogP contribution >= 0.6 is 0 Å². The smallest absolute Gasteiger partial charge is 0.365 e. The van der Waals surface area contributed by atoms with E-state index in [0.717, 1.165) is 37.2 Å². The summed E-state index contributed by atoms with van der Waals surface area (Å²) in [5.41, 5.74) is 0.853. The van der Waals surface area contributed by atoms with Crippen molar-refractivity contribution in [1.82, 2.24) is 24.8 Å². The van der Waals surface area contributed by atoms with E-state index in [2.05, 4.69) is 25.3 Å². The molecule has 3 aliphatic rings. The number of amides is 1. The number of nitrogens with one attached hydrogen (secondary N) is 1. The van der Waals surface area contributed by atoms with E-state index in [1.165, 1.54) is 6.07 Å². The maximum absolute atomic E-state index is 13.7. The molecule has 5 heterocycles. The highest BCUT2D eigenvalue weighted by atomic mass is 19.4. The van der Waals surface area contributed by atoms with Gasteiger partial charge in [0.25, 0.3) is 5.91 Å². The maximum Gasteiger partial charge on any atom is 0.417 e. The van der Waals surface area contributed by atoms with E-state index >= 15 is 0 Å². The second kappa shape index (κ2) is 8.66. The van der Waals surface area contributed by atoms with E-state index in [9.17, 15) is 18.0 Å². The van der Waals surface area contributed by atoms with Gasteiger partial charge in [0.15, 0.2) is 5.82 Å². The number of fused-ring (bicyclic) bond motifs is 3. The molecule has 3 atom stereocenters. The number of piperidine rings is 2. The van der Waals surface area contributed by atoms with E-state index in [1.54, 1.807) is 30.6 Å². The number of hydrogen-bond donors (Lipinski definition) is 1. The van der Waals surface area contributed by atoms with Crippen molar-refractivity contribution in [1.29, 1.82) is 0 Å². The standard InChI is InChI=1S/C24H23F3N6O/c1-14-3-6-17(21(31-14)22-28-9-2-10-29-22)23(34)33-13-15-4-7-19(33)18(11-15)32-20-8-5-16(12-30-20)24(25,26)27/h2-3,5-6,8-10,12,15,18-19H,4,7,11,13H2,1H3,(H,30,32)/t15-,18+,19-/m0/s1. The first-order valence-electron chi connectivity index (χ1n) is 11.2. The molecule has 176 valence electrons. The molecule has 1 aliphatic carbocycles. The number of halogens is 3. The summed E-state index contributed by atoms with van der Waals surface area (Å²) in [6.45, 7) is 2.48. The summed E-state index contributed by atoms with van der Waals surface area (Å²) >= 11 is 0. The van der Waals surface area contributed by atoms with Gasteiger partial charge in [-0.3, -0.25) is 4.79 Å². The molecule has 2 bridgehead atoms. The Kier molecular flexibility index (Phi) is 5.66. The molecule has 2 saturated heterocycles.